The van der Waals surface area contributed by atoms with Crippen molar-refractivity contribution in [3.05, 3.63) is 18.7 Å². The normalized spacial score (nSPS) is 24.2. The highest BCUT2D eigenvalue weighted by Gasteiger charge is 2.15. The van der Waals surface area contributed by atoms with Crippen molar-refractivity contribution in [1.29, 1.82) is 0 Å². The molecule has 3 nitrogen and oxygen atoms in total. The van der Waals surface area contributed by atoms with Crippen LogP contribution in [0.3, 0.4) is 0 Å². The highest BCUT2D eigenvalue weighted by Crippen LogP contribution is 2.13. The first-order valence-corrected chi connectivity index (χ1v) is 3.95. The summed E-state index contributed by atoms with van der Waals surface area (Å²) in [5.74, 6) is 0. The number of ether oxygens (including phenoxy) is 1. The topological polar surface area (TPSA) is 27.1 Å². The van der Waals surface area contributed by atoms with Crippen LogP contribution in [-0.2, 0) is 11.3 Å². The number of nitrogens with zero attached hydrogens (tertiary/aromatic N) is 2. The Kier molecular flexibility index (Phi) is 1.90. The summed E-state index contributed by atoms with van der Waals surface area (Å²) in [4.78, 5) is 3.85. The van der Waals surface area contributed by atoms with Crippen molar-refractivity contribution in [1.82, 2.24) is 9.55 Å². The Morgan fingerprint density at radius 1 is 1.73 bits per heavy atom. The Labute approximate surface area is 66.0 Å². The summed E-state index contributed by atoms with van der Waals surface area (Å²) in [6.07, 6.45) is 9.27. The minimum atomic E-state index is 0.389. The minimum Gasteiger partial charge on any atom is -0.376 e. The fourth-order valence-electron chi connectivity index (χ4n) is 1.36. The summed E-state index contributed by atoms with van der Waals surface area (Å²) in [5.41, 5.74) is 0. The van der Waals surface area contributed by atoms with E-state index in [-0.39, 0.29) is 0 Å². The highest BCUT2D eigenvalue weighted by atomic mass is 16.5. The van der Waals surface area contributed by atoms with Crippen LogP contribution in [-0.4, -0.2) is 22.3 Å². The zero-order chi connectivity index (χ0) is 7.52. The van der Waals surface area contributed by atoms with Crippen molar-refractivity contribution in [3.8, 4) is 0 Å². The molecule has 0 saturated carbocycles. The standard InChI is InChI=1S/C8H11N2O/c1-2-8(11-5-1)6-10-4-3-9-7-10/h3-4,8H,1-2,5-6H2. The van der Waals surface area contributed by atoms with Gasteiger partial charge in [-0.1, -0.05) is 0 Å². The highest BCUT2D eigenvalue weighted by molar-refractivity contribution is 4.75. The molecule has 3 heteroatoms. The van der Waals surface area contributed by atoms with Crippen LogP contribution in [0.25, 0.3) is 0 Å². The van der Waals surface area contributed by atoms with Gasteiger partial charge in [0.15, 0.2) is 6.33 Å². The predicted molar refractivity (Wildman–Crippen MR) is 40.0 cm³/mol. The first-order chi connectivity index (χ1) is 5.45. The maximum atomic E-state index is 5.46. The Balaban J connectivity index is 1.90. The van der Waals surface area contributed by atoms with E-state index in [4.69, 9.17) is 4.74 Å². The van der Waals surface area contributed by atoms with E-state index >= 15 is 0 Å². The molecule has 2 heterocycles. The van der Waals surface area contributed by atoms with E-state index in [9.17, 15) is 0 Å². The second-order valence-corrected chi connectivity index (χ2v) is 2.81. The van der Waals surface area contributed by atoms with Crippen LogP contribution in [0, 0.1) is 6.33 Å². The van der Waals surface area contributed by atoms with Gasteiger partial charge in [-0.15, -0.1) is 0 Å². The molecule has 1 radical (unpaired) electrons. The van der Waals surface area contributed by atoms with Gasteiger partial charge in [0.25, 0.3) is 0 Å². The third-order valence-electron chi connectivity index (χ3n) is 1.93. The van der Waals surface area contributed by atoms with Crippen molar-refractivity contribution in [2.24, 2.45) is 0 Å². The van der Waals surface area contributed by atoms with Crippen molar-refractivity contribution >= 4 is 0 Å². The molecule has 1 fully saturated rings. The van der Waals surface area contributed by atoms with Crippen LogP contribution in [0.1, 0.15) is 12.8 Å². The quantitative estimate of drug-likeness (QED) is 0.627. The van der Waals surface area contributed by atoms with Crippen LogP contribution in [0.4, 0.5) is 0 Å². The molecule has 0 amide bonds. The molecular weight excluding hydrogens is 140 g/mol. The predicted octanol–water partition coefficient (Wildman–Crippen LogP) is 0.862. The van der Waals surface area contributed by atoms with Gasteiger partial charge < -0.3 is 9.30 Å². The molecule has 1 unspecified atom stereocenters. The lowest BCUT2D eigenvalue weighted by Crippen LogP contribution is -2.13. The smallest absolute Gasteiger partial charge is 0.176 e. The van der Waals surface area contributed by atoms with Gasteiger partial charge in [0, 0.05) is 19.0 Å². The molecule has 1 saturated heterocycles. The number of imidazole rings is 1. The molecule has 59 valence electrons. The zero-order valence-electron chi connectivity index (χ0n) is 6.36. The molecule has 1 aliphatic heterocycles. The number of hydrogen-bond acceptors (Lipinski definition) is 2. The first kappa shape index (κ1) is 6.85. The summed E-state index contributed by atoms with van der Waals surface area (Å²) in [6.45, 7) is 1.82. The van der Waals surface area contributed by atoms with Gasteiger partial charge in [0.2, 0.25) is 0 Å². The lowest BCUT2D eigenvalue weighted by atomic mass is 10.2. The van der Waals surface area contributed by atoms with Crippen molar-refractivity contribution in [3.63, 3.8) is 0 Å². The summed E-state index contributed by atoms with van der Waals surface area (Å²) in [6, 6.07) is 0. The van der Waals surface area contributed by atoms with Crippen LogP contribution in [0.5, 0.6) is 0 Å². The van der Waals surface area contributed by atoms with Gasteiger partial charge >= 0.3 is 0 Å². The minimum absolute atomic E-state index is 0.389. The molecule has 0 aliphatic carbocycles. The van der Waals surface area contributed by atoms with Crippen molar-refractivity contribution in [2.75, 3.05) is 6.61 Å². The monoisotopic (exact) mass is 151 g/mol. The van der Waals surface area contributed by atoms with Crippen LogP contribution >= 0.6 is 0 Å². The Morgan fingerprint density at radius 3 is 3.36 bits per heavy atom. The third-order valence-corrected chi connectivity index (χ3v) is 1.93. The number of rotatable bonds is 2. The summed E-state index contributed by atoms with van der Waals surface area (Å²) in [5, 5.41) is 0. The van der Waals surface area contributed by atoms with Crippen molar-refractivity contribution in [2.45, 2.75) is 25.5 Å². The SMILES string of the molecule is [c]1nccn1CC1CCCO1. The molecule has 0 spiro atoms. The zero-order valence-corrected chi connectivity index (χ0v) is 6.36. The number of hydrogen-bond donors (Lipinski definition) is 0. The maximum absolute atomic E-state index is 5.46. The van der Waals surface area contributed by atoms with E-state index in [1.54, 1.807) is 6.20 Å². The van der Waals surface area contributed by atoms with E-state index in [2.05, 4.69) is 11.3 Å². The van der Waals surface area contributed by atoms with Gasteiger partial charge in [-0.2, -0.15) is 0 Å². The maximum Gasteiger partial charge on any atom is 0.176 e. The molecular formula is C8H11N2O. The lowest BCUT2D eigenvalue weighted by Gasteiger charge is -2.08. The number of aromatic nitrogens is 2. The van der Waals surface area contributed by atoms with E-state index in [0.717, 1.165) is 13.2 Å². The first-order valence-electron chi connectivity index (χ1n) is 3.95. The molecule has 1 aromatic heterocycles. The fourth-order valence-corrected chi connectivity index (χ4v) is 1.36. The van der Waals surface area contributed by atoms with Crippen LogP contribution in [0.15, 0.2) is 12.4 Å². The molecule has 1 aromatic rings. The van der Waals surface area contributed by atoms with Crippen LogP contribution < -0.4 is 0 Å². The van der Waals surface area contributed by atoms with E-state index in [1.165, 1.54) is 12.8 Å². The third kappa shape index (κ3) is 1.60. The summed E-state index contributed by atoms with van der Waals surface area (Å²) < 4.78 is 7.40. The molecule has 2 rings (SSSR count). The lowest BCUT2D eigenvalue weighted by molar-refractivity contribution is 0.0968. The molecule has 1 aliphatic rings. The van der Waals surface area contributed by atoms with E-state index in [1.807, 2.05) is 10.8 Å². The Hall–Kier alpha value is -0.830. The second-order valence-electron chi connectivity index (χ2n) is 2.81. The fraction of sp³-hybridized carbons (Fsp3) is 0.625. The Bertz CT molecular complexity index is 202. The summed E-state index contributed by atoms with van der Waals surface area (Å²) in [7, 11) is 0. The average molecular weight is 151 g/mol. The van der Waals surface area contributed by atoms with Gasteiger partial charge in [-0.05, 0) is 12.8 Å². The van der Waals surface area contributed by atoms with Gasteiger partial charge in [0.1, 0.15) is 0 Å². The molecule has 11 heavy (non-hydrogen) atoms. The van der Waals surface area contributed by atoms with Gasteiger partial charge in [-0.25, -0.2) is 4.98 Å². The van der Waals surface area contributed by atoms with Gasteiger partial charge in [-0.3, -0.25) is 0 Å². The van der Waals surface area contributed by atoms with Gasteiger partial charge in [0.05, 0.1) is 12.6 Å². The summed E-state index contributed by atoms with van der Waals surface area (Å²) >= 11 is 0. The second kappa shape index (κ2) is 3.05. The Morgan fingerprint density at radius 2 is 2.73 bits per heavy atom. The molecule has 0 N–H and O–H groups in total. The molecule has 1 atom stereocenters. The average Bonchev–Trinajstić information content (AvgIpc) is 2.60. The molecule has 0 aromatic carbocycles. The van der Waals surface area contributed by atoms with Crippen molar-refractivity contribution < 1.29 is 4.74 Å². The van der Waals surface area contributed by atoms with E-state index in [0.29, 0.717) is 6.10 Å². The largest absolute Gasteiger partial charge is 0.376 e. The van der Waals surface area contributed by atoms with Crippen LogP contribution in [0.2, 0.25) is 0 Å². The van der Waals surface area contributed by atoms with E-state index < -0.39 is 0 Å². The molecule has 0 bridgehead atoms.